The molecular weight excluding hydrogens is 440 g/mol. The van der Waals surface area contributed by atoms with Crippen LogP contribution in [0.25, 0.3) is 44.9 Å². The van der Waals surface area contributed by atoms with E-state index in [4.69, 9.17) is 9.72 Å². The van der Waals surface area contributed by atoms with Crippen molar-refractivity contribution in [2.45, 2.75) is 20.4 Å². The lowest BCUT2D eigenvalue weighted by molar-refractivity contribution is -0.141. The third-order valence-electron chi connectivity index (χ3n) is 5.54. The quantitative estimate of drug-likeness (QED) is 0.205. The van der Waals surface area contributed by atoms with Crippen molar-refractivity contribution in [2.24, 2.45) is 0 Å². The van der Waals surface area contributed by atoms with E-state index >= 15 is 0 Å². The lowest BCUT2D eigenvalue weighted by Crippen LogP contribution is -2.19. The van der Waals surface area contributed by atoms with E-state index in [1.54, 1.807) is 0 Å². The van der Waals surface area contributed by atoms with Crippen molar-refractivity contribution in [3.63, 3.8) is 0 Å². The predicted molar refractivity (Wildman–Crippen MR) is 134 cm³/mol. The van der Waals surface area contributed by atoms with E-state index in [1.165, 1.54) is 6.92 Å². The van der Waals surface area contributed by atoms with Crippen molar-refractivity contribution in [2.75, 3.05) is 6.73 Å². The second-order valence-electron chi connectivity index (χ2n) is 8.17. The van der Waals surface area contributed by atoms with Gasteiger partial charge in [-0.15, -0.1) is 0 Å². The van der Waals surface area contributed by atoms with Gasteiger partial charge in [0, 0.05) is 54.3 Å². The monoisotopic (exact) mass is 464 g/mol. The number of rotatable bonds is 7. The van der Waals surface area contributed by atoms with Gasteiger partial charge in [-0.25, -0.2) is 15.0 Å². The molecule has 5 rings (SSSR count). The molecule has 0 atom stereocenters. The Morgan fingerprint density at radius 2 is 1.80 bits per heavy atom. The highest BCUT2D eigenvalue weighted by Gasteiger charge is 2.14. The van der Waals surface area contributed by atoms with Crippen molar-refractivity contribution in [3.05, 3.63) is 84.4 Å². The Labute approximate surface area is 202 Å². The van der Waals surface area contributed by atoms with Crippen LogP contribution in [0.5, 0.6) is 0 Å². The van der Waals surface area contributed by atoms with Crippen LogP contribution in [0.3, 0.4) is 0 Å². The standard InChI is InChI=1S/C27H24N6O2/c1-17-4-3-5-24(31-17)27-32-25(23-10-11-30-26(23)33-27)22-12-21(14-28-15-22)20-8-6-19(7-9-20)13-29-16-35-18(2)34/h3-12,14-15,29H,13,16H2,1-2H3,(H,30,32,33). The molecule has 0 spiro atoms. The molecule has 0 aliphatic heterocycles. The van der Waals surface area contributed by atoms with Crippen LogP contribution in [0.15, 0.2) is 73.2 Å². The lowest BCUT2D eigenvalue weighted by Gasteiger charge is -2.09. The number of carbonyl (C=O) groups excluding carboxylic acids is 1. The van der Waals surface area contributed by atoms with Crippen LogP contribution in [0.4, 0.5) is 0 Å². The SMILES string of the molecule is CC(=O)OCNCc1ccc(-c2cncc(-c3nc(-c4cccc(C)n4)nc4[nH]ccc34)c2)cc1. The second-order valence-corrected chi connectivity index (χ2v) is 8.17. The second kappa shape index (κ2) is 9.82. The minimum absolute atomic E-state index is 0.190. The molecule has 0 bridgehead atoms. The first-order valence-corrected chi connectivity index (χ1v) is 11.2. The Morgan fingerprint density at radius 1 is 0.971 bits per heavy atom. The molecule has 0 fully saturated rings. The Morgan fingerprint density at radius 3 is 2.60 bits per heavy atom. The van der Waals surface area contributed by atoms with Crippen molar-refractivity contribution in [1.82, 2.24) is 30.2 Å². The number of aryl methyl sites for hydroxylation is 1. The summed E-state index contributed by atoms with van der Waals surface area (Å²) in [5, 5.41) is 4.01. The normalized spacial score (nSPS) is 11.0. The Hall–Kier alpha value is -4.43. The zero-order valence-corrected chi connectivity index (χ0v) is 19.4. The molecule has 1 aromatic carbocycles. The first-order valence-electron chi connectivity index (χ1n) is 11.2. The van der Waals surface area contributed by atoms with Gasteiger partial charge >= 0.3 is 5.97 Å². The summed E-state index contributed by atoms with van der Waals surface area (Å²) >= 11 is 0. The number of aromatic amines is 1. The lowest BCUT2D eigenvalue weighted by atomic mass is 10.0. The number of fused-ring (bicyclic) bond motifs is 1. The molecule has 0 unspecified atom stereocenters. The first kappa shape index (κ1) is 22.4. The Bertz CT molecular complexity index is 1490. The van der Waals surface area contributed by atoms with Gasteiger partial charge in [-0.05, 0) is 42.3 Å². The minimum atomic E-state index is -0.303. The van der Waals surface area contributed by atoms with Crippen LogP contribution >= 0.6 is 0 Å². The molecule has 8 heteroatoms. The number of ether oxygens (including phenoxy) is 1. The summed E-state index contributed by atoms with van der Waals surface area (Å²) < 4.78 is 4.90. The van der Waals surface area contributed by atoms with Gasteiger partial charge in [-0.2, -0.15) is 0 Å². The minimum Gasteiger partial charge on any atom is -0.450 e. The topological polar surface area (TPSA) is 106 Å². The number of carbonyl (C=O) groups is 1. The van der Waals surface area contributed by atoms with Crippen molar-refractivity contribution in [3.8, 4) is 33.9 Å². The number of hydrogen-bond donors (Lipinski definition) is 2. The maximum Gasteiger partial charge on any atom is 0.303 e. The highest BCUT2D eigenvalue weighted by molar-refractivity contribution is 5.92. The average molecular weight is 465 g/mol. The third-order valence-corrected chi connectivity index (χ3v) is 5.54. The van der Waals surface area contributed by atoms with E-state index in [0.717, 1.165) is 50.4 Å². The van der Waals surface area contributed by atoms with Gasteiger partial charge in [-0.1, -0.05) is 30.3 Å². The van der Waals surface area contributed by atoms with Crippen molar-refractivity contribution in [1.29, 1.82) is 0 Å². The summed E-state index contributed by atoms with van der Waals surface area (Å²) in [6, 6.07) is 18.1. The number of hydrogen-bond acceptors (Lipinski definition) is 7. The fourth-order valence-corrected chi connectivity index (χ4v) is 3.83. The van der Waals surface area contributed by atoms with Crippen molar-refractivity contribution < 1.29 is 9.53 Å². The Kier molecular flexibility index (Phi) is 6.28. The molecule has 0 saturated carbocycles. The van der Waals surface area contributed by atoms with Gasteiger partial charge in [0.05, 0.1) is 5.69 Å². The summed E-state index contributed by atoms with van der Waals surface area (Å²) in [6.07, 6.45) is 5.52. The molecule has 2 N–H and O–H groups in total. The van der Waals surface area contributed by atoms with Gasteiger partial charge < -0.3 is 9.72 Å². The Balaban J connectivity index is 1.44. The summed E-state index contributed by atoms with van der Waals surface area (Å²) in [4.78, 5) is 32.7. The maximum absolute atomic E-state index is 10.9. The summed E-state index contributed by atoms with van der Waals surface area (Å²) in [5.74, 6) is 0.262. The highest BCUT2D eigenvalue weighted by Crippen LogP contribution is 2.30. The zero-order valence-electron chi connectivity index (χ0n) is 19.4. The van der Waals surface area contributed by atoms with E-state index in [1.807, 2.05) is 61.9 Å². The molecular formula is C27H24N6O2. The van der Waals surface area contributed by atoms with Crippen LogP contribution < -0.4 is 5.32 Å². The molecule has 5 aromatic rings. The third kappa shape index (κ3) is 5.07. The van der Waals surface area contributed by atoms with E-state index in [2.05, 4.69) is 43.5 Å². The van der Waals surface area contributed by atoms with Crippen LogP contribution in [0, 0.1) is 6.92 Å². The van der Waals surface area contributed by atoms with Gasteiger partial charge in [0.2, 0.25) is 0 Å². The molecule has 174 valence electrons. The fraction of sp³-hybridized carbons (Fsp3) is 0.148. The number of benzene rings is 1. The van der Waals surface area contributed by atoms with E-state index in [9.17, 15) is 4.79 Å². The molecule has 35 heavy (non-hydrogen) atoms. The predicted octanol–water partition coefficient (Wildman–Crippen LogP) is 4.67. The summed E-state index contributed by atoms with van der Waals surface area (Å²) in [5.41, 5.74) is 7.21. The zero-order chi connectivity index (χ0) is 24.2. The number of pyridine rings is 2. The first-order chi connectivity index (χ1) is 17.1. The molecule has 0 saturated heterocycles. The van der Waals surface area contributed by atoms with E-state index in [0.29, 0.717) is 12.4 Å². The number of esters is 1. The number of nitrogens with one attached hydrogen (secondary N) is 2. The molecule has 8 nitrogen and oxygen atoms in total. The van der Waals surface area contributed by atoms with Gasteiger partial charge in [0.15, 0.2) is 5.82 Å². The summed E-state index contributed by atoms with van der Waals surface area (Å²) in [6.45, 7) is 4.14. The molecule has 4 heterocycles. The van der Waals surface area contributed by atoms with Gasteiger partial charge in [0.25, 0.3) is 0 Å². The fourth-order valence-electron chi connectivity index (χ4n) is 3.83. The highest BCUT2D eigenvalue weighted by atomic mass is 16.5. The molecule has 0 radical (unpaired) electrons. The number of aromatic nitrogens is 5. The molecule has 0 aliphatic rings. The number of H-pyrrole nitrogens is 1. The maximum atomic E-state index is 10.9. The summed E-state index contributed by atoms with van der Waals surface area (Å²) in [7, 11) is 0. The van der Waals surface area contributed by atoms with Crippen LogP contribution in [-0.4, -0.2) is 37.6 Å². The smallest absolute Gasteiger partial charge is 0.303 e. The van der Waals surface area contributed by atoms with Gasteiger partial charge in [0.1, 0.15) is 18.1 Å². The van der Waals surface area contributed by atoms with E-state index < -0.39 is 0 Å². The van der Waals surface area contributed by atoms with E-state index in [-0.39, 0.29) is 12.7 Å². The average Bonchev–Trinajstić information content (AvgIpc) is 3.35. The number of nitrogens with zero attached hydrogens (tertiary/aromatic N) is 4. The van der Waals surface area contributed by atoms with Gasteiger partial charge in [-0.3, -0.25) is 15.1 Å². The van der Waals surface area contributed by atoms with Crippen LogP contribution in [0.1, 0.15) is 18.2 Å². The van der Waals surface area contributed by atoms with Crippen LogP contribution in [-0.2, 0) is 16.1 Å². The largest absolute Gasteiger partial charge is 0.450 e. The molecule has 0 amide bonds. The van der Waals surface area contributed by atoms with Crippen molar-refractivity contribution >= 4 is 17.0 Å². The molecule has 4 aromatic heterocycles. The molecule has 0 aliphatic carbocycles. The van der Waals surface area contributed by atoms with Crippen LogP contribution in [0.2, 0.25) is 0 Å².